The Kier molecular flexibility index (Phi) is 8.91. The van der Waals surface area contributed by atoms with Gasteiger partial charge in [0.25, 0.3) is 0 Å². The minimum Gasteiger partial charge on any atom is -0.480 e. The molecule has 5 atom stereocenters. The molecule has 0 saturated heterocycles. The number of carboxylic acids is 1. The second-order valence-electron chi connectivity index (χ2n) is 7.72. The molecule has 5 unspecified atom stereocenters. The molecule has 1 heterocycles. The highest BCUT2D eigenvalue weighted by atomic mass is 16.4. The van der Waals surface area contributed by atoms with E-state index in [0.29, 0.717) is 5.56 Å². The Labute approximate surface area is 189 Å². The van der Waals surface area contributed by atoms with Gasteiger partial charge >= 0.3 is 5.97 Å². The number of para-hydroxylation sites is 1. The lowest BCUT2D eigenvalue weighted by molar-refractivity contribution is -0.143. The fourth-order valence-electron chi connectivity index (χ4n) is 3.14. The Morgan fingerprint density at radius 1 is 1.00 bits per heavy atom. The van der Waals surface area contributed by atoms with Crippen molar-refractivity contribution < 1.29 is 34.5 Å². The zero-order valence-corrected chi connectivity index (χ0v) is 18.2. The van der Waals surface area contributed by atoms with Gasteiger partial charge in [-0.2, -0.15) is 0 Å². The zero-order chi connectivity index (χ0) is 24.7. The number of aliphatic hydroxyl groups excluding tert-OH is 2. The Bertz CT molecular complexity index is 1000. The van der Waals surface area contributed by atoms with Crippen LogP contribution >= 0.6 is 0 Å². The van der Waals surface area contributed by atoms with E-state index in [9.17, 15) is 34.5 Å². The average Bonchev–Trinajstić information content (AvgIpc) is 3.17. The van der Waals surface area contributed by atoms with Crippen molar-refractivity contribution in [2.75, 3.05) is 6.61 Å². The first-order valence-corrected chi connectivity index (χ1v) is 10.3. The number of aliphatic hydroxyl groups is 2. The maximum Gasteiger partial charge on any atom is 0.326 e. The SMILES string of the molecule is CC(N)C(=O)NC(CO)C(=O)NC(C(=O)NC(Cc1c[nH]c2ccccc12)C(=O)O)C(C)O. The van der Waals surface area contributed by atoms with Crippen LogP contribution in [-0.4, -0.2) is 80.9 Å². The number of benzene rings is 1. The fraction of sp³-hybridized carbons (Fsp3) is 0.429. The third kappa shape index (κ3) is 6.75. The molecule has 0 fully saturated rings. The van der Waals surface area contributed by atoms with Gasteiger partial charge in [0.1, 0.15) is 18.1 Å². The van der Waals surface area contributed by atoms with Gasteiger partial charge in [-0.1, -0.05) is 18.2 Å². The molecule has 9 N–H and O–H groups in total. The van der Waals surface area contributed by atoms with E-state index >= 15 is 0 Å². The molecule has 180 valence electrons. The van der Waals surface area contributed by atoms with E-state index in [0.717, 1.165) is 10.9 Å². The number of carbonyl (C=O) groups excluding carboxylic acids is 3. The first kappa shape index (κ1) is 25.8. The first-order valence-electron chi connectivity index (χ1n) is 10.3. The molecule has 0 aliphatic carbocycles. The van der Waals surface area contributed by atoms with Crippen LogP contribution in [0, 0.1) is 0 Å². The molecule has 0 radical (unpaired) electrons. The largest absolute Gasteiger partial charge is 0.480 e. The molecular weight excluding hydrogens is 434 g/mol. The monoisotopic (exact) mass is 463 g/mol. The van der Waals surface area contributed by atoms with Crippen LogP contribution in [0.1, 0.15) is 19.4 Å². The van der Waals surface area contributed by atoms with Gasteiger partial charge in [-0.3, -0.25) is 14.4 Å². The second-order valence-corrected chi connectivity index (χ2v) is 7.72. The topological polar surface area (TPSA) is 207 Å². The number of carboxylic acid groups (broad SMARTS) is 1. The van der Waals surface area contributed by atoms with Crippen LogP contribution in [0.4, 0.5) is 0 Å². The fourth-order valence-corrected chi connectivity index (χ4v) is 3.14. The lowest BCUT2D eigenvalue weighted by Crippen LogP contribution is -2.60. The maximum atomic E-state index is 12.7. The van der Waals surface area contributed by atoms with Crippen LogP contribution in [0.3, 0.4) is 0 Å². The molecule has 1 aromatic heterocycles. The summed E-state index contributed by atoms with van der Waals surface area (Å²) in [5.41, 5.74) is 6.89. The quantitative estimate of drug-likeness (QED) is 0.186. The molecule has 12 heteroatoms. The Hall–Kier alpha value is -3.48. The first-order chi connectivity index (χ1) is 15.5. The minimum absolute atomic E-state index is 0.0464. The van der Waals surface area contributed by atoms with E-state index in [1.807, 2.05) is 18.2 Å². The van der Waals surface area contributed by atoms with Gasteiger partial charge in [0.05, 0.1) is 18.8 Å². The molecule has 2 rings (SSSR count). The van der Waals surface area contributed by atoms with Crippen molar-refractivity contribution in [3.05, 3.63) is 36.0 Å². The highest BCUT2D eigenvalue weighted by molar-refractivity contribution is 5.94. The summed E-state index contributed by atoms with van der Waals surface area (Å²) >= 11 is 0. The molecule has 0 bridgehead atoms. The number of H-pyrrole nitrogens is 1. The molecular formula is C21H29N5O7. The number of nitrogens with two attached hydrogens (primary N) is 1. The van der Waals surface area contributed by atoms with Crippen molar-refractivity contribution in [1.29, 1.82) is 0 Å². The summed E-state index contributed by atoms with van der Waals surface area (Å²) in [7, 11) is 0. The molecule has 33 heavy (non-hydrogen) atoms. The van der Waals surface area contributed by atoms with E-state index in [2.05, 4.69) is 20.9 Å². The summed E-state index contributed by atoms with van der Waals surface area (Å²) in [5.74, 6) is -3.90. The second kappa shape index (κ2) is 11.4. The Balaban J connectivity index is 2.12. The van der Waals surface area contributed by atoms with Gasteiger partial charge in [-0.25, -0.2) is 4.79 Å². The van der Waals surface area contributed by atoms with E-state index in [1.165, 1.54) is 13.8 Å². The lowest BCUT2D eigenvalue weighted by atomic mass is 10.0. The van der Waals surface area contributed by atoms with Crippen LogP contribution in [0.15, 0.2) is 30.5 Å². The predicted molar refractivity (Wildman–Crippen MR) is 118 cm³/mol. The van der Waals surface area contributed by atoms with Crippen molar-refractivity contribution in [3.8, 4) is 0 Å². The summed E-state index contributed by atoms with van der Waals surface area (Å²) in [6, 6.07) is 2.02. The van der Waals surface area contributed by atoms with Gasteiger partial charge in [-0.05, 0) is 25.5 Å². The van der Waals surface area contributed by atoms with Gasteiger partial charge < -0.3 is 42.0 Å². The van der Waals surface area contributed by atoms with Crippen molar-refractivity contribution in [3.63, 3.8) is 0 Å². The van der Waals surface area contributed by atoms with Gasteiger partial charge in [-0.15, -0.1) is 0 Å². The molecule has 0 aliphatic heterocycles. The van der Waals surface area contributed by atoms with Crippen molar-refractivity contribution in [2.24, 2.45) is 5.73 Å². The van der Waals surface area contributed by atoms with Crippen LogP contribution in [-0.2, 0) is 25.6 Å². The number of amides is 3. The zero-order valence-electron chi connectivity index (χ0n) is 18.2. The average molecular weight is 463 g/mol. The summed E-state index contributed by atoms with van der Waals surface area (Å²) in [4.78, 5) is 51.7. The van der Waals surface area contributed by atoms with E-state index in [4.69, 9.17) is 5.73 Å². The summed E-state index contributed by atoms with van der Waals surface area (Å²) in [6.07, 6.45) is 0.197. The third-order valence-corrected chi connectivity index (χ3v) is 5.01. The van der Waals surface area contributed by atoms with Crippen LogP contribution < -0.4 is 21.7 Å². The summed E-state index contributed by atoms with van der Waals surface area (Å²) < 4.78 is 0. The van der Waals surface area contributed by atoms with E-state index in [-0.39, 0.29) is 6.42 Å². The number of nitrogens with one attached hydrogen (secondary N) is 4. The Morgan fingerprint density at radius 3 is 2.21 bits per heavy atom. The van der Waals surface area contributed by atoms with Crippen LogP contribution in [0.2, 0.25) is 0 Å². The van der Waals surface area contributed by atoms with E-state index < -0.39 is 60.6 Å². The number of aliphatic carboxylic acids is 1. The molecule has 2 aromatic rings. The van der Waals surface area contributed by atoms with Crippen LogP contribution in [0.25, 0.3) is 10.9 Å². The van der Waals surface area contributed by atoms with Crippen molar-refractivity contribution >= 4 is 34.6 Å². The number of hydrogen-bond donors (Lipinski definition) is 8. The predicted octanol–water partition coefficient (Wildman–Crippen LogP) is -2.03. The standard InChI is InChI=1S/C21H29N5O7/c1-10(22)18(29)25-16(9-27)19(30)26-17(11(2)28)20(31)24-15(21(32)33)7-12-8-23-14-6-4-3-5-13(12)14/h3-6,8,10-11,15-17,23,27-28H,7,9,22H2,1-2H3,(H,24,31)(H,25,29)(H,26,30)(H,32,33). The number of hydrogen-bond acceptors (Lipinski definition) is 7. The maximum absolute atomic E-state index is 12.7. The molecule has 12 nitrogen and oxygen atoms in total. The lowest BCUT2D eigenvalue weighted by Gasteiger charge is -2.25. The number of aromatic amines is 1. The number of fused-ring (bicyclic) bond motifs is 1. The normalized spacial score (nSPS) is 15.7. The van der Waals surface area contributed by atoms with E-state index in [1.54, 1.807) is 12.3 Å². The van der Waals surface area contributed by atoms with Gasteiger partial charge in [0.15, 0.2) is 0 Å². The molecule has 3 amide bonds. The van der Waals surface area contributed by atoms with Crippen molar-refractivity contribution in [1.82, 2.24) is 20.9 Å². The highest BCUT2D eigenvalue weighted by Gasteiger charge is 2.32. The van der Waals surface area contributed by atoms with Crippen molar-refractivity contribution in [2.45, 2.75) is 50.5 Å². The third-order valence-electron chi connectivity index (χ3n) is 5.01. The number of carbonyl (C=O) groups is 4. The number of rotatable bonds is 11. The number of aromatic nitrogens is 1. The van der Waals surface area contributed by atoms with Gasteiger partial charge in [0, 0.05) is 23.5 Å². The van der Waals surface area contributed by atoms with Crippen LogP contribution in [0.5, 0.6) is 0 Å². The summed E-state index contributed by atoms with van der Waals surface area (Å²) in [5, 5.41) is 36.6. The highest BCUT2D eigenvalue weighted by Crippen LogP contribution is 2.19. The smallest absolute Gasteiger partial charge is 0.326 e. The minimum atomic E-state index is -1.54. The molecule has 0 saturated carbocycles. The Morgan fingerprint density at radius 2 is 1.64 bits per heavy atom. The molecule has 0 aliphatic rings. The van der Waals surface area contributed by atoms with Gasteiger partial charge in [0.2, 0.25) is 17.7 Å². The summed E-state index contributed by atoms with van der Waals surface area (Å²) in [6.45, 7) is 1.83. The molecule has 1 aromatic carbocycles. The molecule has 0 spiro atoms.